The van der Waals surface area contributed by atoms with E-state index in [0.717, 1.165) is 16.0 Å². The number of ether oxygens (including phenoxy) is 1. The smallest absolute Gasteiger partial charge is 0.255 e. The van der Waals surface area contributed by atoms with Crippen LogP contribution in [-0.2, 0) is 21.4 Å². The average Bonchev–Trinajstić information content (AvgIpc) is 3.20. The van der Waals surface area contributed by atoms with Crippen molar-refractivity contribution in [2.45, 2.75) is 11.4 Å². The van der Waals surface area contributed by atoms with Gasteiger partial charge in [0.05, 0.1) is 4.90 Å². The van der Waals surface area contributed by atoms with Gasteiger partial charge < -0.3 is 10.5 Å². The third-order valence-electron chi connectivity index (χ3n) is 3.58. The van der Waals surface area contributed by atoms with Crippen molar-refractivity contribution in [3.63, 3.8) is 0 Å². The van der Waals surface area contributed by atoms with Crippen LogP contribution in [0.25, 0.3) is 10.4 Å². The third-order valence-corrected chi connectivity index (χ3v) is 5.92. The first-order valence-electron chi connectivity index (χ1n) is 7.93. The molecule has 1 aromatic carbocycles. The minimum absolute atomic E-state index is 0.0938. The summed E-state index contributed by atoms with van der Waals surface area (Å²) in [6.45, 7) is -0.146. The molecule has 0 aliphatic rings. The predicted molar refractivity (Wildman–Crippen MR) is 103 cm³/mol. The topological polar surface area (TPSA) is 111 Å². The molecule has 9 heteroatoms. The van der Waals surface area contributed by atoms with Gasteiger partial charge in [-0.05, 0) is 47.3 Å². The Labute approximate surface area is 160 Å². The van der Waals surface area contributed by atoms with E-state index in [1.54, 1.807) is 23.7 Å². The maximum absolute atomic E-state index is 12.5. The summed E-state index contributed by atoms with van der Waals surface area (Å²) in [5.74, 6) is -0.243. The molecule has 0 aliphatic carbocycles. The Morgan fingerprint density at radius 1 is 1.19 bits per heavy atom. The molecule has 0 saturated heterocycles. The number of primary amides is 1. The Hall–Kier alpha value is -2.75. The molecule has 0 unspecified atom stereocenters. The molecular weight excluding hydrogens is 386 g/mol. The fraction of sp³-hybridized carbons (Fsp3) is 0.111. The van der Waals surface area contributed by atoms with E-state index in [9.17, 15) is 13.2 Å². The number of hydrogen-bond acceptors (Lipinski definition) is 6. The molecule has 2 aromatic heterocycles. The SMILES string of the molecule is NC(=O)COc1ccc(S(=O)(=O)NCc2cncc(-c3cccs3)c2)cc1. The minimum atomic E-state index is -3.70. The number of sulfonamides is 1. The summed E-state index contributed by atoms with van der Waals surface area (Å²) in [5, 5.41) is 1.97. The van der Waals surface area contributed by atoms with Crippen LogP contribution in [0.2, 0.25) is 0 Å². The number of amides is 1. The molecular formula is C18H17N3O4S2. The molecule has 1 amide bonds. The molecule has 0 atom stereocenters. The lowest BCUT2D eigenvalue weighted by Crippen LogP contribution is -2.23. The maximum atomic E-state index is 12.5. The number of benzene rings is 1. The molecule has 3 N–H and O–H groups in total. The van der Waals surface area contributed by atoms with Gasteiger partial charge in [-0.15, -0.1) is 11.3 Å². The average molecular weight is 403 g/mol. The van der Waals surface area contributed by atoms with E-state index in [0.29, 0.717) is 5.75 Å². The van der Waals surface area contributed by atoms with Crippen molar-refractivity contribution in [1.29, 1.82) is 0 Å². The second kappa shape index (κ2) is 8.30. The van der Waals surface area contributed by atoms with Crippen molar-refractivity contribution < 1.29 is 17.9 Å². The van der Waals surface area contributed by atoms with Gasteiger partial charge >= 0.3 is 0 Å². The number of hydrogen-bond donors (Lipinski definition) is 2. The fourth-order valence-electron chi connectivity index (χ4n) is 2.29. The summed E-state index contributed by atoms with van der Waals surface area (Å²) in [6, 6.07) is 11.6. The Balaban J connectivity index is 1.66. The van der Waals surface area contributed by atoms with Crippen LogP contribution in [-0.4, -0.2) is 25.9 Å². The van der Waals surface area contributed by atoms with E-state index in [2.05, 4.69) is 9.71 Å². The standard InChI is InChI=1S/C18H17N3O4S2/c19-18(22)12-25-15-3-5-16(6-4-15)27(23,24)21-10-13-8-14(11-20-9-13)17-2-1-7-26-17/h1-9,11,21H,10,12H2,(H2,19,22). The molecule has 7 nitrogen and oxygen atoms in total. The molecule has 2 heterocycles. The highest BCUT2D eigenvalue weighted by Crippen LogP contribution is 2.24. The van der Waals surface area contributed by atoms with Crippen molar-refractivity contribution in [2.24, 2.45) is 5.73 Å². The Kier molecular flexibility index (Phi) is 5.84. The fourth-order valence-corrected chi connectivity index (χ4v) is 4.02. The Morgan fingerprint density at radius 3 is 2.63 bits per heavy atom. The highest BCUT2D eigenvalue weighted by Gasteiger charge is 2.14. The number of rotatable bonds is 8. The molecule has 27 heavy (non-hydrogen) atoms. The van der Waals surface area contributed by atoms with E-state index in [1.165, 1.54) is 24.3 Å². The first kappa shape index (κ1) is 19.0. The lowest BCUT2D eigenvalue weighted by molar-refractivity contribution is -0.119. The number of nitrogens with zero attached hydrogens (tertiary/aromatic N) is 1. The van der Waals surface area contributed by atoms with Crippen LogP contribution < -0.4 is 15.2 Å². The van der Waals surface area contributed by atoms with Gasteiger partial charge in [-0.2, -0.15) is 0 Å². The van der Waals surface area contributed by atoms with Gasteiger partial charge in [0.1, 0.15) is 5.75 Å². The maximum Gasteiger partial charge on any atom is 0.255 e. The zero-order valence-corrected chi connectivity index (χ0v) is 15.8. The number of nitrogens with one attached hydrogen (secondary N) is 1. The lowest BCUT2D eigenvalue weighted by atomic mass is 10.2. The second-order valence-electron chi connectivity index (χ2n) is 5.61. The summed E-state index contributed by atoms with van der Waals surface area (Å²) < 4.78 is 32.6. The highest BCUT2D eigenvalue weighted by molar-refractivity contribution is 7.89. The first-order valence-corrected chi connectivity index (χ1v) is 10.3. The van der Waals surface area contributed by atoms with Crippen LogP contribution in [0.1, 0.15) is 5.56 Å². The number of thiophene rings is 1. The summed E-state index contributed by atoms with van der Waals surface area (Å²) >= 11 is 1.59. The van der Waals surface area contributed by atoms with Gasteiger partial charge in [0.15, 0.2) is 6.61 Å². The van der Waals surface area contributed by atoms with Gasteiger partial charge in [0.25, 0.3) is 5.91 Å². The number of carbonyl (C=O) groups is 1. The number of aromatic nitrogens is 1. The molecule has 0 fully saturated rings. The van der Waals surface area contributed by atoms with Gasteiger partial charge in [0, 0.05) is 29.4 Å². The third kappa shape index (κ3) is 5.13. The van der Waals surface area contributed by atoms with Crippen LogP contribution in [0.5, 0.6) is 5.75 Å². The Morgan fingerprint density at radius 2 is 1.96 bits per heavy atom. The quantitative estimate of drug-likeness (QED) is 0.599. The Bertz CT molecular complexity index is 1020. The van der Waals surface area contributed by atoms with Crippen LogP contribution >= 0.6 is 11.3 Å². The van der Waals surface area contributed by atoms with Crippen molar-refractivity contribution in [3.05, 3.63) is 65.8 Å². The molecule has 0 aliphatic heterocycles. The second-order valence-corrected chi connectivity index (χ2v) is 8.32. The van der Waals surface area contributed by atoms with E-state index in [1.807, 2.05) is 23.6 Å². The lowest BCUT2D eigenvalue weighted by Gasteiger charge is -2.09. The molecule has 0 spiro atoms. The van der Waals surface area contributed by atoms with Gasteiger partial charge in [-0.3, -0.25) is 9.78 Å². The molecule has 0 saturated carbocycles. The summed E-state index contributed by atoms with van der Waals surface area (Å²) in [6.07, 6.45) is 3.37. The van der Waals surface area contributed by atoms with Crippen molar-refractivity contribution in [2.75, 3.05) is 6.61 Å². The zero-order valence-electron chi connectivity index (χ0n) is 14.2. The van der Waals surface area contributed by atoms with Gasteiger partial charge in [-0.25, -0.2) is 13.1 Å². The van der Waals surface area contributed by atoms with E-state index >= 15 is 0 Å². The highest BCUT2D eigenvalue weighted by atomic mass is 32.2. The van der Waals surface area contributed by atoms with Gasteiger partial charge in [0.2, 0.25) is 10.0 Å². The number of nitrogens with two attached hydrogens (primary N) is 1. The van der Waals surface area contributed by atoms with E-state index in [-0.39, 0.29) is 18.0 Å². The van der Waals surface area contributed by atoms with E-state index in [4.69, 9.17) is 10.5 Å². The molecule has 3 rings (SSSR count). The van der Waals surface area contributed by atoms with Crippen molar-refractivity contribution in [1.82, 2.24) is 9.71 Å². The van der Waals surface area contributed by atoms with Crippen molar-refractivity contribution in [3.8, 4) is 16.2 Å². The van der Waals surface area contributed by atoms with Crippen molar-refractivity contribution >= 4 is 27.3 Å². The number of pyridine rings is 1. The summed E-state index contributed by atoms with van der Waals surface area (Å²) in [5.41, 5.74) is 6.70. The molecule has 140 valence electrons. The van der Waals surface area contributed by atoms with Crippen LogP contribution in [0, 0.1) is 0 Å². The van der Waals surface area contributed by atoms with Crippen LogP contribution in [0.4, 0.5) is 0 Å². The summed E-state index contributed by atoms with van der Waals surface area (Å²) in [7, 11) is -3.70. The minimum Gasteiger partial charge on any atom is -0.484 e. The van der Waals surface area contributed by atoms with Crippen LogP contribution in [0.3, 0.4) is 0 Å². The zero-order chi connectivity index (χ0) is 19.3. The predicted octanol–water partition coefficient (Wildman–Crippen LogP) is 2.15. The van der Waals surface area contributed by atoms with Gasteiger partial charge in [-0.1, -0.05) is 6.07 Å². The number of carbonyl (C=O) groups excluding carboxylic acids is 1. The first-order chi connectivity index (χ1) is 12.9. The molecule has 0 bridgehead atoms. The van der Waals surface area contributed by atoms with Crippen LogP contribution in [0.15, 0.2) is 65.1 Å². The largest absolute Gasteiger partial charge is 0.484 e. The van der Waals surface area contributed by atoms with E-state index < -0.39 is 15.9 Å². The normalized spacial score (nSPS) is 11.3. The molecule has 3 aromatic rings. The monoisotopic (exact) mass is 403 g/mol. The molecule has 0 radical (unpaired) electrons. The summed E-state index contributed by atoms with van der Waals surface area (Å²) in [4.78, 5) is 16.0.